The van der Waals surface area contributed by atoms with E-state index in [1.807, 2.05) is 18.7 Å². The molecule has 0 aromatic carbocycles. The number of nitrogen functional groups attached to an aromatic ring is 1. The SMILES string of the molecule is Cc1nn(C)c(N2CC(C)CC(C)C2)c1C(=N)N. The van der Waals surface area contributed by atoms with E-state index in [1.54, 1.807) is 0 Å². The van der Waals surface area contributed by atoms with Crippen LogP contribution in [0, 0.1) is 24.2 Å². The first kappa shape index (κ1) is 12.9. The third-order valence-corrected chi connectivity index (χ3v) is 3.63. The van der Waals surface area contributed by atoms with Gasteiger partial charge in [-0.3, -0.25) is 10.1 Å². The van der Waals surface area contributed by atoms with Gasteiger partial charge in [0.05, 0.1) is 11.3 Å². The van der Waals surface area contributed by atoms with Crippen LogP contribution >= 0.6 is 0 Å². The van der Waals surface area contributed by atoms with Crippen LogP contribution in [0.15, 0.2) is 0 Å². The minimum absolute atomic E-state index is 0.112. The molecule has 100 valence electrons. The molecule has 0 amide bonds. The maximum Gasteiger partial charge on any atom is 0.137 e. The number of anilines is 1. The second-order valence-corrected chi connectivity index (χ2v) is 5.67. The Balaban J connectivity index is 2.41. The van der Waals surface area contributed by atoms with Crippen LogP contribution in [0.5, 0.6) is 0 Å². The standard InChI is InChI=1S/C13H23N5/c1-8-5-9(2)7-18(6-8)13-11(12(14)15)10(3)16-17(13)4/h8-9H,5-7H2,1-4H3,(H3,14,15). The van der Waals surface area contributed by atoms with E-state index in [0.29, 0.717) is 11.8 Å². The molecule has 2 rings (SSSR count). The lowest BCUT2D eigenvalue weighted by molar-refractivity contribution is 0.353. The van der Waals surface area contributed by atoms with Crippen molar-refractivity contribution in [3.8, 4) is 0 Å². The minimum atomic E-state index is 0.112. The topological polar surface area (TPSA) is 70.9 Å². The van der Waals surface area contributed by atoms with Gasteiger partial charge >= 0.3 is 0 Å². The summed E-state index contributed by atoms with van der Waals surface area (Å²) in [7, 11) is 1.93. The van der Waals surface area contributed by atoms with Crippen LogP contribution in [0.3, 0.4) is 0 Å². The Bertz CT molecular complexity index is 452. The zero-order valence-corrected chi connectivity index (χ0v) is 11.7. The Morgan fingerprint density at radius 1 is 1.33 bits per heavy atom. The third kappa shape index (κ3) is 2.21. The minimum Gasteiger partial charge on any atom is -0.384 e. The maximum atomic E-state index is 7.75. The Kier molecular flexibility index (Phi) is 3.32. The predicted octanol–water partition coefficient (Wildman–Crippen LogP) is 1.49. The first-order valence-corrected chi connectivity index (χ1v) is 6.53. The highest BCUT2D eigenvalue weighted by molar-refractivity contribution is 6.00. The van der Waals surface area contributed by atoms with E-state index in [4.69, 9.17) is 11.1 Å². The molecule has 2 heterocycles. The predicted molar refractivity (Wildman–Crippen MR) is 74.1 cm³/mol. The van der Waals surface area contributed by atoms with Crippen LogP contribution in [0.1, 0.15) is 31.5 Å². The summed E-state index contributed by atoms with van der Waals surface area (Å²) in [5.41, 5.74) is 7.34. The number of nitrogens with zero attached hydrogens (tertiary/aromatic N) is 3. The monoisotopic (exact) mass is 249 g/mol. The number of piperidine rings is 1. The summed E-state index contributed by atoms with van der Waals surface area (Å²) in [6, 6.07) is 0. The van der Waals surface area contributed by atoms with Gasteiger partial charge in [0.1, 0.15) is 11.7 Å². The molecule has 0 radical (unpaired) electrons. The third-order valence-electron chi connectivity index (χ3n) is 3.63. The van der Waals surface area contributed by atoms with E-state index in [2.05, 4.69) is 23.8 Å². The number of nitrogens with two attached hydrogens (primary N) is 1. The molecule has 3 N–H and O–H groups in total. The number of aromatic nitrogens is 2. The number of hydrogen-bond donors (Lipinski definition) is 2. The van der Waals surface area contributed by atoms with Crippen molar-refractivity contribution in [3.63, 3.8) is 0 Å². The van der Waals surface area contributed by atoms with Crippen LogP contribution in [0.2, 0.25) is 0 Å². The second-order valence-electron chi connectivity index (χ2n) is 5.67. The number of rotatable bonds is 2. The van der Waals surface area contributed by atoms with Crippen LogP contribution in [-0.2, 0) is 7.05 Å². The lowest BCUT2D eigenvalue weighted by Crippen LogP contribution is -2.40. The normalized spacial score (nSPS) is 24.3. The van der Waals surface area contributed by atoms with Gasteiger partial charge in [0.15, 0.2) is 0 Å². The molecule has 1 aliphatic rings. The summed E-state index contributed by atoms with van der Waals surface area (Å²) in [5.74, 6) is 2.45. The smallest absolute Gasteiger partial charge is 0.137 e. The first-order chi connectivity index (χ1) is 8.40. The first-order valence-electron chi connectivity index (χ1n) is 6.53. The summed E-state index contributed by atoms with van der Waals surface area (Å²) in [5, 5.41) is 12.2. The summed E-state index contributed by atoms with van der Waals surface area (Å²) in [4.78, 5) is 2.33. The Morgan fingerprint density at radius 3 is 2.39 bits per heavy atom. The van der Waals surface area contributed by atoms with Gasteiger partial charge in [-0.05, 0) is 25.2 Å². The molecule has 1 aromatic heterocycles. The van der Waals surface area contributed by atoms with Crippen molar-refractivity contribution in [1.29, 1.82) is 5.41 Å². The van der Waals surface area contributed by atoms with Gasteiger partial charge in [-0.25, -0.2) is 0 Å². The molecule has 1 aliphatic heterocycles. The van der Waals surface area contributed by atoms with Gasteiger partial charge < -0.3 is 10.6 Å². The molecule has 18 heavy (non-hydrogen) atoms. The van der Waals surface area contributed by atoms with Crippen molar-refractivity contribution < 1.29 is 0 Å². The molecule has 1 saturated heterocycles. The van der Waals surface area contributed by atoms with E-state index in [1.165, 1.54) is 6.42 Å². The fourth-order valence-corrected chi connectivity index (χ4v) is 3.16. The van der Waals surface area contributed by atoms with Crippen molar-refractivity contribution in [2.24, 2.45) is 24.6 Å². The summed E-state index contributed by atoms with van der Waals surface area (Å²) in [6.07, 6.45) is 1.27. The summed E-state index contributed by atoms with van der Waals surface area (Å²) in [6.45, 7) is 8.50. The fourth-order valence-electron chi connectivity index (χ4n) is 3.16. The number of aryl methyl sites for hydroxylation is 2. The number of hydrogen-bond acceptors (Lipinski definition) is 3. The number of nitrogens with one attached hydrogen (secondary N) is 1. The van der Waals surface area contributed by atoms with Crippen LogP contribution < -0.4 is 10.6 Å². The molecular weight excluding hydrogens is 226 g/mol. The fraction of sp³-hybridized carbons (Fsp3) is 0.692. The van der Waals surface area contributed by atoms with Gasteiger partial charge in [0, 0.05) is 20.1 Å². The van der Waals surface area contributed by atoms with Crippen molar-refractivity contribution in [2.45, 2.75) is 27.2 Å². The summed E-state index contributed by atoms with van der Waals surface area (Å²) >= 11 is 0. The maximum absolute atomic E-state index is 7.75. The molecule has 5 nitrogen and oxygen atoms in total. The highest BCUT2D eigenvalue weighted by Gasteiger charge is 2.27. The van der Waals surface area contributed by atoms with Gasteiger partial charge in [0.2, 0.25) is 0 Å². The lowest BCUT2D eigenvalue weighted by Gasteiger charge is -2.36. The lowest BCUT2D eigenvalue weighted by atomic mass is 9.91. The van der Waals surface area contributed by atoms with Crippen LogP contribution in [0.25, 0.3) is 0 Å². The average Bonchev–Trinajstić information content (AvgIpc) is 2.51. The van der Waals surface area contributed by atoms with Crippen LogP contribution in [-0.4, -0.2) is 28.7 Å². The van der Waals surface area contributed by atoms with Gasteiger partial charge in [-0.2, -0.15) is 5.10 Å². The van der Waals surface area contributed by atoms with E-state index >= 15 is 0 Å². The molecule has 0 spiro atoms. The summed E-state index contributed by atoms with van der Waals surface area (Å²) < 4.78 is 1.86. The van der Waals surface area contributed by atoms with Crippen molar-refractivity contribution in [2.75, 3.05) is 18.0 Å². The van der Waals surface area contributed by atoms with Gasteiger partial charge in [-0.15, -0.1) is 0 Å². The van der Waals surface area contributed by atoms with Gasteiger partial charge in [0.25, 0.3) is 0 Å². The van der Waals surface area contributed by atoms with E-state index < -0.39 is 0 Å². The molecular formula is C13H23N5. The molecule has 1 aromatic rings. The molecule has 1 fully saturated rings. The number of amidine groups is 1. The zero-order valence-electron chi connectivity index (χ0n) is 11.7. The van der Waals surface area contributed by atoms with Crippen molar-refractivity contribution in [1.82, 2.24) is 9.78 Å². The molecule has 0 aliphatic carbocycles. The Labute approximate surface area is 108 Å². The van der Waals surface area contributed by atoms with E-state index in [0.717, 1.165) is 30.2 Å². The van der Waals surface area contributed by atoms with Crippen molar-refractivity contribution >= 4 is 11.7 Å². The highest BCUT2D eigenvalue weighted by atomic mass is 15.4. The van der Waals surface area contributed by atoms with E-state index in [-0.39, 0.29) is 5.84 Å². The molecule has 0 saturated carbocycles. The quantitative estimate of drug-likeness (QED) is 0.616. The van der Waals surface area contributed by atoms with Crippen LogP contribution in [0.4, 0.5) is 5.82 Å². The van der Waals surface area contributed by atoms with Crippen molar-refractivity contribution in [3.05, 3.63) is 11.3 Å². The largest absolute Gasteiger partial charge is 0.384 e. The zero-order chi connectivity index (χ0) is 13.4. The molecule has 2 unspecified atom stereocenters. The molecule has 0 bridgehead atoms. The highest BCUT2D eigenvalue weighted by Crippen LogP contribution is 2.29. The molecule has 5 heteroatoms. The average molecular weight is 249 g/mol. The Morgan fingerprint density at radius 2 is 1.89 bits per heavy atom. The van der Waals surface area contributed by atoms with E-state index in [9.17, 15) is 0 Å². The Hall–Kier alpha value is -1.52. The second kappa shape index (κ2) is 4.63. The van der Waals surface area contributed by atoms with Gasteiger partial charge in [-0.1, -0.05) is 13.8 Å². The molecule has 2 atom stereocenters.